The topological polar surface area (TPSA) is 93.1 Å². The standard InChI is InChI=1S/C14H20N4O3/c1-2-9-18-12(19)7-6-11(17-18)14(21)16-10-5-3-4-8-15-13(10)20/h6-7,10H,2-5,8-9H2,1H3,(H,15,20)(H,16,21). The first kappa shape index (κ1) is 15.2. The van der Waals surface area contributed by atoms with Gasteiger partial charge in [-0.1, -0.05) is 6.92 Å². The molecule has 1 fully saturated rings. The molecule has 21 heavy (non-hydrogen) atoms. The molecule has 0 aromatic carbocycles. The minimum absolute atomic E-state index is 0.153. The largest absolute Gasteiger partial charge is 0.354 e. The van der Waals surface area contributed by atoms with Crippen LogP contribution in [0.2, 0.25) is 0 Å². The number of hydrogen-bond donors (Lipinski definition) is 2. The summed E-state index contributed by atoms with van der Waals surface area (Å²) in [5, 5.41) is 9.48. The van der Waals surface area contributed by atoms with Gasteiger partial charge in [0.05, 0.1) is 0 Å². The molecule has 1 atom stereocenters. The van der Waals surface area contributed by atoms with Crippen molar-refractivity contribution < 1.29 is 9.59 Å². The lowest BCUT2D eigenvalue weighted by Crippen LogP contribution is -2.46. The fraction of sp³-hybridized carbons (Fsp3) is 0.571. The van der Waals surface area contributed by atoms with Crippen LogP contribution in [0.15, 0.2) is 16.9 Å². The third-order valence-corrected chi connectivity index (χ3v) is 3.38. The summed E-state index contributed by atoms with van der Waals surface area (Å²) < 4.78 is 1.27. The van der Waals surface area contributed by atoms with Crippen molar-refractivity contribution in [2.75, 3.05) is 6.54 Å². The molecule has 2 heterocycles. The van der Waals surface area contributed by atoms with Gasteiger partial charge in [-0.05, 0) is 31.7 Å². The van der Waals surface area contributed by atoms with E-state index in [1.165, 1.54) is 16.8 Å². The molecule has 1 aromatic rings. The average molecular weight is 292 g/mol. The second kappa shape index (κ2) is 7.01. The molecular formula is C14H20N4O3. The highest BCUT2D eigenvalue weighted by atomic mass is 16.2. The van der Waals surface area contributed by atoms with Crippen molar-refractivity contribution in [1.29, 1.82) is 0 Å². The molecule has 0 aliphatic carbocycles. The zero-order chi connectivity index (χ0) is 15.2. The second-order valence-corrected chi connectivity index (χ2v) is 5.09. The summed E-state index contributed by atoms with van der Waals surface area (Å²) in [4.78, 5) is 35.5. The molecule has 7 heteroatoms. The van der Waals surface area contributed by atoms with Gasteiger partial charge in [0, 0.05) is 19.2 Å². The molecule has 7 nitrogen and oxygen atoms in total. The van der Waals surface area contributed by atoms with Gasteiger partial charge in [-0.15, -0.1) is 0 Å². The van der Waals surface area contributed by atoms with Crippen LogP contribution in [0, 0.1) is 0 Å². The quantitative estimate of drug-likeness (QED) is 0.820. The summed E-state index contributed by atoms with van der Waals surface area (Å²) in [6, 6.07) is 2.18. The Morgan fingerprint density at radius 1 is 1.43 bits per heavy atom. The van der Waals surface area contributed by atoms with Crippen LogP contribution in [0.3, 0.4) is 0 Å². The Bertz CT molecular complexity index is 582. The lowest BCUT2D eigenvalue weighted by atomic mass is 10.1. The third-order valence-electron chi connectivity index (χ3n) is 3.38. The van der Waals surface area contributed by atoms with Gasteiger partial charge in [-0.3, -0.25) is 14.4 Å². The molecule has 1 unspecified atom stereocenters. The van der Waals surface area contributed by atoms with Gasteiger partial charge in [0.25, 0.3) is 11.5 Å². The molecule has 2 rings (SSSR count). The van der Waals surface area contributed by atoms with E-state index in [4.69, 9.17) is 0 Å². The molecule has 0 saturated carbocycles. The van der Waals surface area contributed by atoms with E-state index >= 15 is 0 Å². The number of hydrogen-bond acceptors (Lipinski definition) is 4. The van der Waals surface area contributed by atoms with Gasteiger partial charge in [0.15, 0.2) is 0 Å². The molecule has 1 aromatic heterocycles. The first-order valence-electron chi connectivity index (χ1n) is 7.28. The van der Waals surface area contributed by atoms with Gasteiger partial charge < -0.3 is 10.6 Å². The van der Waals surface area contributed by atoms with Crippen molar-refractivity contribution in [3.05, 3.63) is 28.2 Å². The van der Waals surface area contributed by atoms with Crippen molar-refractivity contribution in [3.8, 4) is 0 Å². The second-order valence-electron chi connectivity index (χ2n) is 5.09. The Balaban J connectivity index is 2.10. The van der Waals surface area contributed by atoms with E-state index in [1.54, 1.807) is 0 Å². The monoisotopic (exact) mass is 292 g/mol. The van der Waals surface area contributed by atoms with E-state index < -0.39 is 11.9 Å². The molecule has 0 bridgehead atoms. The first-order chi connectivity index (χ1) is 10.1. The van der Waals surface area contributed by atoms with Crippen LogP contribution < -0.4 is 16.2 Å². The number of rotatable bonds is 4. The predicted molar refractivity (Wildman–Crippen MR) is 76.9 cm³/mol. The van der Waals surface area contributed by atoms with Crippen LogP contribution >= 0.6 is 0 Å². The average Bonchev–Trinajstić information content (AvgIpc) is 2.67. The number of aryl methyl sites for hydroxylation is 1. The molecule has 2 N–H and O–H groups in total. The molecule has 0 spiro atoms. The van der Waals surface area contributed by atoms with E-state index in [2.05, 4.69) is 15.7 Å². The summed E-state index contributed by atoms with van der Waals surface area (Å²) in [6.45, 7) is 3.03. The highest BCUT2D eigenvalue weighted by molar-refractivity contribution is 5.96. The molecular weight excluding hydrogens is 272 g/mol. The Morgan fingerprint density at radius 2 is 2.24 bits per heavy atom. The lowest BCUT2D eigenvalue weighted by Gasteiger charge is -2.15. The van der Waals surface area contributed by atoms with Gasteiger partial charge in [-0.2, -0.15) is 5.10 Å². The Morgan fingerprint density at radius 3 is 3.00 bits per heavy atom. The summed E-state index contributed by atoms with van der Waals surface area (Å²) in [5.74, 6) is -0.593. The highest BCUT2D eigenvalue weighted by Gasteiger charge is 2.23. The molecule has 1 aliphatic heterocycles. The molecule has 0 radical (unpaired) electrons. The van der Waals surface area contributed by atoms with Crippen LogP contribution in [-0.4, -0.2) is 34.2 Å². The highest BCUT2D eigenvalue weighted by Crippen LogP contribution is 2.06. The third kappa shape index (κ3) is 3.90. The normalized spacial score (nSPS) is 18.7. The van der Waals surface area contributed by atoms with Gasteiger partial charge in [0.1, 0.15) is 11.7 Å². The number of nitrogens with zero attached hydrogens (tertiary/aromatic N) is 2. The smallest absolute Gasteiger partial charge is 0.272 e. The molecule has 2 amide bonds. The lowest BCUT2D eigenvalue weighted by molar-refractivity contribution is -0.122. The van der Waals surface area contributed by atoms with Gasteiger partial charge in [0.2, 0.25) is 5.91 Å². The van der Waals surface area contributed by atoms with Gasteiger partial charge >= 0.3 is 0 Å². The number of carbonyl (C=O) groups excluding carboxylic acids is 2. The summed E-state index contributed by atoms with van der Waals surface area (Å²) >= 11 is 0. The van der Waals surface area contributed by atoms with Crippen molar-refractivity contribution in [2.24, 2.45) is 0 Å². The van der Waals surface area contributed by atoms with Crippen LogP contribution in [0.4, 0.5) is 0 Å². The SMILES string of the molecule is CCCn1nc(C(=O)NC2CCCCNC2=O)ccc1=O. The zero-order valence-corrected chi connectivity index (χ0v) is 12.1. The summed E-state index contributed by atoms with van der Waals surface area (Å²) in [7, 11) is 0. The van der Waals surface area contributed by atoms with E-state index in [0.717, 1.165) is 19.3 Å². The number of amides is 2. The number of carbonyl (C=O) groups is 2. The van der Waals surface area contributed by atoms with Crippen LogP contribution in [-0.2, 0) is 11.3 Å². The maximum absolute atomic E-state index is 12.2. The molecule has 114 valence electrons. The Labute approximate surface area is 122 Å². The molecule has 1 saturated heterocycles. The van der Waals surface area contributed by atoms with Crippen molar-refractivity contribution in [1.82, 2.24) is 20.4 Å². The minimum atomic E-state index is -0.534. The van der Waals surface area contributed by atoms with Crippen molar-refractivity contribution >= 4 is 11.8 Å². The van der Waals surface area contributed by atoms with Crippen LogP contribution in [0.5, 0.6) is 0 Å². The fourth-order valence-corrected chi connectivity index (χ4v) is 2.25. The van der Waals surface area contributed by atoms with Crippen LogP contribution in [0.1, 0.15) is 43.1 Å². The van der Waals surface area contributed by atoms with Crippen molar-refractivity contribution in [2.45, 2.75) is 45.2 Å². The predicted octanol–water partition coefficient (Wildman–Crippen LogP) is 0.0518. The Kier molecular flexibility index (Phi) is 5.08. The molecule has 1 aliphatic rings. The van der Waals surface area contributed by atoms with E-state index in [9.17, 15) is 14.4 Å². The summed E-state index contributed by atoms with van der Waals surface area (Å²) in [5.41, 5.74) is -0.0827. The zero-order valence-electron chi connectivity index (χ0n) is 12.1. The Hall–Kier alpha value is -2.18. The van der Waals surface area contributed by atoms with Crippen molar-refractivity contribution in [3.63, 3.8) is 0 Å². The first-order valence-corrected chi connectivity index (χ1v) is 7.28. The maximum Gasteiger partial charge on any atom is 0.272 e. The van der Waals surface area contributed by atoms with Gasteiger partial charge in [-0.25, -0.2) is 4.68 Å². The van der Waals surface area contributed by atoms with E-state index in [1.807, 2.05) is 6.92 Å². The van der Waals surface area contributed by atoms with Crippen LogP contribution in [0.25, 0.3) is 0 Å². The summed E-state index contributed by atoms with van der Waals surface area (Å²) in [6.07, 6.45) is 3.17. The number of nitrogens with one attached hydrogen (secondary N) is 2. The minimum Gasteiger partial charge on any atom is -0.354 e. The van der Waals surface area contributed by atoms with E-state index in [-0.39, 0.29) is 17.2 Å². The van der Waals surface area contributed by atoms with E-state index in [0.29, 0.717) is 19.5 Å². The number of aromatic nitrogens is 2. The fourth-order valence-electron chi connectivity index (χ4n) is 2.25. The maximum atomic E-state index is 12.2.